The molecule has 0 N–H and O–H groups in total. The minimum Gasteiger partial charge on any atom is -0.455 e. The van der Waals surface area contributed by atoms with E-state index in [0.29, 0.717) is 0 Å². The van der Waals surface area contributed by atoms with Crippen molar-refractivity contribution in [2.45, 2.75) is 0 Å². The van der Waals surface area contributed by atoms with Crippen LogP contribution in [0.4, 0.5) is 0 Å². The summed E-state index contributed by atoms with van der Waals surface area (Å²) in [7, 11) is 0. The first-order valence-electron chi connectivity index (χ1n) is 8.57. The molecular formula is C24H15BrO. The van der Waals surface area contributed by atoms with Gasteiger partial charge in [0.1, 0.15) is 11.2 Å². The highest BCUT2D eigenvalue weighted by molar-refractivity contribution is 9.10. The maximum atomic E-state index is 6.31. The van der Waals surface area contributed by atoms with Crippen LogP contribution in [0.3, 0.4) is 0 Å². The molecule has 0 fully saturated rings. The van der Waals surface area contributed by atoms with Gasteiger partial charge in [0, 0.05) is 20.8 Å². The fourth-order valence-electron chi connectivity index (χ4n) is 3.56. The SMILES string of the molecule is Brc1ccc(-c2cccc3oc4c(-c5ccccc5)cccc4c23)cc1. The number of hydrogen-bond acceptors (Lipinski definition) is 1. The van der Waals surface area contributed by atoms with Gasteiger partial charge in [0.25, 0.3) is 0 Å². The predicted octanol–water partition coefficient (Wildman–Crippen LogP) is 7.68. The smallest absolute Gasteiger partial charge is 0.143 e. The number of halogens is 1. The monoisotopic (exact) mass is 398 g/mol. The number of furan rings is 1. The Labute approximate surface area is 160 Å². The van der Waals surface area contributed by atoms with Crippen molar-refractivity contribution >= 4 is 37.9 Å². The van der Waals surface area contributed by atoms with Gasteiger partial charge in [0.05, 0.1) is 0 Å². The van der Waals surface area contributed by atoms with E-state index in [1.54, 1.807) is 0 Å². The Balaban J connectivity index is 1.84. The van der Waals surface area contributed by atoms with Crippen molar-refractivity contribution in [1.82, 2.24) is 0 Å². The first-order valence-corrected chi connectivity index (χ1v) is 9.36. The highest BCUT2D eigenvalue weighted by atomic mass is 79.9. The van der Waals surface area contributed by atoms with Gasteiger partial charge in [-0.1, -0.05) is 88.7 Å². The maximum Gasteiger partial charge on any atom is 0.143 e. The molecule has 0 aliphatic carbocycles. The zero-order chi connectivity index (χ0) is 17.5. The Kier molecular flexibility index (Phi) is 3.65. The molecule has 0 amide bonds. The molecule has 2 heteroatoms. The lowest BCUT2D eigenvalue weighted by atomic mass is 9.97. The Hall–Kier alpha value is -2.84. The Morgan fingerprint density at radius 1 is 0.577 bits per heavy atom. The van der Waals surface area contributed by atoms with E-state index in [1.165, 1.54) is 22.1 Å². The molecule has 1 aromatic heterocycles. The molecule has 0 aliphatic heterocycles. The summed E-state index contributed by atoms with van der Waals surface area (Å²) in [5.74, 6) is 0. The van der Waals surface area contributed by atoms with E-state index < -0.39 is 0 Å². The fourth-order valence-corrected chi connectivity index (χ4v) is 3.83. The van der Waals surface area contributed by atoms with Crippen LogP contribution >= 0.6 is 15.9 Å². The molecular weight excluding hydrogens is 384 g/mol. The van der Waals surface area contributed by atoms with E-state index in [4.69, 9.17) is 4.42 Å². The molecule has 0 bridgehead atoms. The van der Waals surface area contributed by atoms with E-state index in [-0.39, 0.29) is 0 Å². The second-order valence-electron chi connectivity index (χ2n) is 6.34. The number of fused-ring (bicyclic) bond motifs is 3. The third kappa shape index (κ3) is 2.46. The summed E-state index contributed by atoms with van der Waals surface area (Å²) in [6, 6.07) is 31.5. The molecule has 0 saturated carbocycles. The molecule has 1 heterocycles. The molecule has 5 rings (SSSR count). The third-order valence-electron chi connectivity index (χ3n) is 4.76. The van der Waals surface area contributed by atoms with Gasteiger partial charge in [0.15, 0.2) is 0 Å². The van der Waals surface area contributed by atoms with Gasteiger partial charge in [-0.15, -0.1) is 0 Å². The molecule has 0 unspecified atom stereocenters. The summed E-state index contributed by atoms with van der Waals surface area (Å²) < 4.78 is 7.40. The standard InChI is InChI=1S/C24H15BrO/c25-18-14-12-17(13-15-18)19-8-5-11-22-23(19)21-10-4-9-20(24(21)26-22)16-6-2-1-3-7-16/h1-15H. The second-order valence-corrected chi connectivity index (χ2v) is 7.25. The van der Waals surface area contributed by atoms with Crippen LogP contribution in [0.25, 0.3) is 44.2 Å². The summed E-state index contributed by atoms with van der Waals surface area (Å²) >= 11 is 3.52. The largest absolute Gasteiger partial charge is 0.455 e. The lowest BCUT2D eigenvalue weighted by Gasteiger charge is -2.04. The molecule has 0 spiro atoms. The van der Waals surface area contributed by atoms with Gasteiger partial charge < -0.3 is 4.42 Å². The van der Waals surface area contributed by atoms with E-state index in [9.17, 15) is 0 Å². The fraction of sp³-hybridized carbons (Fsp3) is 0. The first-order chi connectivity index (χ1) is 12.8. The first kappa shape index (κ1) is 15.4. The highest BCUT2D eigenvalue weighted by Gasteiger charge is 2.15. The molecule has 0 atom stereocenters. The lowest BCUT2D eigenvalue weighted by molar-refractivity contribution is 0.670. The quantitative estimate of drug-likeness (QED) is 0.297. The Morgan fingerprint density at radius 2 is 1.27 bits per heavy atom. The maximum absolute atomic E-state index is 6.31. The predicted molar refractivity (Wildman–Crippen MR) is 112 cm³/mol. The minimum atomic E-state index is 0.920. The summed E-state index contributed by atoms with van der Waals surface area (Å²) in [6.07, 6.45) is 0. The van der Waals surface area contributed by atoms with Crippen molar-refractivity contribution in [3.63, 3.8) is 0 Å². The number of para-hydroxylation sites is 1. The number of rotatable bonds is 2. The molecule has 0 aliphatic rings. The van der Waals surface area contributed by atoms with E-state index >= 15 is 0 Å². The summed E-state index contributed by atoms with van der Waals surface area (Å²) in [4.78, 5) is 0. The van der Waals surface area contributed by atoms with Crippen molar-refractivity contribution in [1.29, 1.82) is 0 Å². The van der Waals surface area contributed by atoms with Crippen LogP contribution in [0.15, 0.2) is 99.9 Å². The summed E-state index contributed by atoms with van der Waals surface area (Å²) in [6.45, 7) is 0. The van der Waals surface area contributed by atoms with Gasteiger partial charge in [-0.3, -0.25) is 0 Å². The Bertz CT molecular complexity index is 1220. The van der Waals surface area contributed by atoms with Crippen molar-refractivity contribution in [2.75, 3.05) is 0 Å². The zero-order valence-corrected chi connectivity index (χ0v) is 15.5. The normalized spacial score (nSPS) is 11.3. The van der Waals surface area contributed by atoms with Crippen molar-refractivity contribution < 1.29 is 4.42 Å². The molecule has 5 aromatic rings. The van der Waals surface area contributed by atoms with Gasteiger partial charge >= 0.3 is 0 Å². The van der Waals surface area contributed by atoms with Crippen LogP contribution in [0.1, 0.15) is 0 Å². The van der Waals surface area contributed by atoms with Crippen LogP contribution in [0.2, 0.25) is 0 Å². The highest BCUT2D eigenvalue weighted by Crippen LogP contribution is 2.40. The summed E-state index contributed by atoms with van der Waals surface area (Å²) in [5, 5.41) is 2.32. The van der Waals surface area contributed by atoms with Gasteiger partial charge in [-0.25, -0.2) is 0 Å². The number of hydrogen-bond donors (Lipinski definition) is 0. The summed E-state index contributed by atoms with van der Waals surface area (Å²) in [5.41, 5.74) is 6.54. The van der Waals surface area contributed by atoms with E-state index in [1.807, 2.05) is 12.1 Å². The third-order valence-corrected chi connectivity index (χ3v) is 5.29. The van der Waals surface area contributed by atoms with Gasteiger partial charge in [-0.2, -0.15) is 0 Å². The van der Waals surface area contributed by atoms with Gasteiger partial charge in [-0.05, 0) is 34.9 Å². The molecule has 1 nitrogen and oxygen atoms in total. The molecule has 124 valence electrons. The average molecular weight is 399 g/mol. The second kappa shape index (κ2) is 6.15. The van der Waals surface area contributed by atoms with E-state index in [0.717, 1.165) is 26.6 Å². The van der Waals surface area contributed by atoms with Crippen LogP contribution in [0.5, 0.6) is 0 Å². The van der Waals surface area contributed by atoms with Crippen molar-refractivity contribution in [3.8, 4) is 22.3 Å². The number of benzene rings is 4. The molecule has 0 saturated heterocycles. The van der Waals surface area contributed by atoms with Crippen LogP contribution < -0.4 is 0 Å². The van der Waals surface area contributed by atoms with Crippen LogP contribution in [-0.2, 0) is 0 Å². The van der Waals surface area contributed by atoms with E-state index in [2.05, 4.69) is 94.8 Å². The topological polar surface area (TPSA) is 13.1 Å². The zero-order valence-electron chi connectivity index (χ0n) is 13.9. The van der Waals surface area contributed by atoms with Crippen molar-refractivity contribution in [3.05, 3.63) is 95.5 Å². The molecule has 26 heavy (non-hydrogen) atoms. The molecule has 0 radical (unpaired) electrons. The van der Waals surface area contributed by atoms with Crippen LogP contribution in [0, 0.1) is 0 Å². The Morgan fingerprint density at radius 3 is 2.08 bits per heavy atom. The van der Waals surface area contributed by atoms with Crippen molar-refractivity contribution in [2.24, 2.45) is 0 Å². The molecule has 4 aromatic carbocycles. The minimum absolute atomic E-state index is 0.920. The van der Waals surface area contributed by atoms with Gasteiger partial charge in [0.2, 0.25) is 0 Å². The van der Waals surface area contributed by atoms with Crippen LogP contribution in [-0.4, -0.2) is 0 Å². The lowest BCUT2D eigenvalue weighted by Crippen LogP contribution is -1.80. The average Bonchev–Trinajstić information content (AvgIpc) is 3.08.